The molecule has 1 heterocycles. The number of methoxy groups -OCH3 is 1. The molecule has 0 unspecified atom stereocenters. The zero-order chi connectivity index (χ0) is 20.0. The van der Waals surface area contributed by atoms with E-state index in [-0.39, 0.29) is 30.4 Å². The Kier molecular flexibility index (Phi) is 6.78. The highest BCUT2D eigenvalue weighted by molar-refractivity contribution is 7.91. The molecular weight excluding hydrogens is 376 g/mol. The number of sulfone groups is 1. The minimum atomic E-state index is -3.08. The molecule has 2 amide bonds. The van der Waals surface area contributed by atoms with Crippen LogP contribution in [0.4, 0.5) is 0 Å². The summed E-state index contributed by atoms with van der Waals surface area (Å²) in [7, 11) is -1.67. The van der Waals surface area contributed by atoms with Crippen LogP contribution in [0, 0.1) is 0 Å². The summed E-state index contributed by atoms with van der Waals surface area (Å²) in [6, 6.07) is 4.18. The van der Waals surface area contributed by atoms with Crippen molar-refractivity contribution in [3.63, 3.8) is 0 Å². The van der Waals surface area contributed by atoms with Gasteiger partial charge in [-0.25, -0.2) is 8.42 Å². The number of hydrogen-bond donors (Lipinski definition) is 2. The highest BCUT2D eigenvalue weighted by Crippen LogP contribution is 2.28. The van der Waals surface area contributed by atoms with E-state index in [1.165, 1.54) is 26.2 Å². The summed E-state index contributed by atoms with van der Waals surface area (Å²) in [5.74, 6) is -0.530. The van der Waals surface area contributed by atoms with Crippen molar-refractivity contribution in [2.45, 2.75) is 19.4 Å². The number of ketones is 1. The first-order chi connectivity index (χ1) is 12.7. The van der Waals surface area contributed by atoms with Crippen molar-refractivity contribution in [3.8, 4) is 11.5 Å². The van der Waals surface area contributed by atoms with Gasteiger partial charge in [-0.15, -0.1) is 0 Å². The monoisotopic (exact) mass is 398 g/mol. The Morgan fingerprint density at radius 2 is 1.93 bits per heavy atom. The molecular formula is C17H22N2O7S. The largest absolute Gasteiger partial charge is 0.493 e. The first-order valence-corrected chi connectivity index (χ1v) is 10.1. The van der Waals surface area contributed by atoms with Gasteiger partial charge in [0.05, 0.1) is 25.2 Å². The Morgan fingerprint density at radius 1 is 1.19 bits per heavy atom. The van der Waals surface area contributed by atoms with Crippen molar-refractivity contribution >= 4 is 27.4 Å². The summed E-state index contributed by atoms with van der Waals surface area (Å²) in [5.41, 5.74) is 0.453. The maximum absolute atomic E-state index is 11.8. The van der Waals surface area contributed by atoms with Gasteiger partial charge in [-0.1, -0.05) is 0 Å². The van der Waals surface area contributed by atoms with E-state index in [0.717, 1.165) is 0 Å². The number of hydrogen-bond acceptors (Lipinski definition) is 7. The van der Waals surface area contributed by atoms with Crippen LogP contribution in [0.1, 0.15) is 23.7 Å². The lowest BCUT2D eigenvalue weighted by Crippen LogP contribution is -2.43. The third-order valence-corrected chi connectivity index (χ3v) is 5.74. The standard InChI is InChI=1S/C17H22N2O7S/c1-11(20)12-3-4-14(15(7-12)25-2)26-9-17(22)18-8-16(21)19-13-5-6-27(23,24)10-13/h3-4,7,13H,5-6,8-10H2,1-2H3,(H,18,22)(H,19,21)/t13-/m0/s1. The van der Waals surface area contributed by atoms with E-state index in [1.807, 2.05) is 0 Å². The smallest absolute Gasteiger partial charge is 0.258 e. The predicted octanol–water partition coefficient (Wildman–Crippen LogP) is -0.304. The molecule has 2 rings (SSSR count). The Hall–Kier alpha value is -2.62. The Labute approximate surface area is 157 Å². The molecule has 0 spiro atoms. The molecule has 0 radical (unpaired) electrons. The van der Waals surface area contributed by atoms with Gasteiger partial charge in [0.1, 0.15) is 0 Å². The van der Waals surface area contributed by atoms with Crippen LogP contribution in [0.2, 0.25) is 0 Å². The van der Waals surface area contributed by atoms with E-state index in [4.69, 9.17) is 9.47 Å². The van der Waals surface area contributed by atoms with Crippen molar-refractivity contribution in [1.29, 1.82) is 0 Å². The highest BCUT2D eigenvalue weighted by Gasteiger charge is 2.28. The molecule has 2 N–H and O–H groups in total. The normalized spacial score (nSPS) is 17.8. The molecule has 27 heavy (non-hydrogen) atoms. The second-order valence-corrected chi connectivity index (χ2v) is 8.38. The number of rotatable bonds is 8. The molecule has 0 aromatic heterocycles. The van der Waals surface area contributed by atoms with Crippen LogP contribution in [0.5, 0.6) is 11.5 Å². The molecule has 1 aromatic carbocycles. The number of Topliss-reactive ketones (excluding diaryl/α,β-unsaturated/α-hetero) is 1. The topological polar surface area (TPSA) is 128 Å². The number of carbonyl (C=O) groups excluding carboxylic acids is 3. The quantitative estimate of drug-likeness (QED) is 0.575. The molecule has 10 heteroatoms. The molecule has 1 aliphatic heterocycles. The zero-order valence-electron chi connectivity index (χ0n) is 15.1. The zero-order valence-corrected chi connectivity index (χ0v) is 15.9. The maximum atomic E-state index is 11.8. The van der Waals surface area contributed by atoms with Gasteiger partial charge in [-0.05, 0) is 31.5 Å². The van der Waals surface area contributed by atoms with Crippen molar-refractivity contribution in [2.24, 2.45) is 0 Å². The lowest BCUT2D eigenvalue weighted by Gasteiger charge is -2.13. The molecule has 0 saturated carbocycles. The van der Waals surface area contributed by atoms with Crippen molar-refractivity contribution in [1.82, 2.24) is 10.6 Å². The number of nitrogens with one attached hydrogen (secondary N) is 2. The van der Waals surface area contributed by atoms with Gasteiger partial charge < -0.3 is 20.1 Å². The number of carbonyl (C=O) groups is 3. The molecule has 1 atom stereocenters. The van der Waals surface area contributed by atoms with E-state index < -0.39 is 27.7 Å². The Bertz CT molecular complexity index is 836. The fourth-order valence-electron chi connectivity index (χ4n) is 2.57. The van der Waals surface area contributed by atoms with Gasteiger partial charge in [0.2, 0.25) is 5.91 Å². The number of benzene rings is 1. The molecule has 0 bridgehead atoms. The number of ether oxygens (including phenoxy) is 2. The van der Waals surface area contributed by atoms with E-state index in [2.05, 4.69) is 10.6 Å². The van der Waals surface area contributed by atoms with E-state index in [1.54, 1.807) is 6.07 Å². The van der Waals surface area contributed by atoms with Crippen LogP contribution in [0.15, 0.2) is 18.2 Å². The molecule has 1 aliphatic rings. The minimum Gasteiger partial charge on any atom is -0.493 e. The maximum Gasteiger partial charge on any atom is 0.258 e. The second-order valence-electron chi connectivity index (χ2n) is 6.15. The van der Waals surface area contributed by atoms with Gasteiger partial charge in [0, 0.05) is 11.6 Å². The second kappa shape index (κ2) is 8.85. The fraction of sp³-hybridized carbons (Fsp3) is 0.471. The van der Waals surface area contributed by atoms with Gasteiger partial charge in [-0.2, -0.15) is 0 Å². The molecule has 0 aliphatic carbocycles. The first kappa shape index (κ1) is 20.7. The minimum absolute atomic E-state index is 0.0579. The summed E-state index contributed by atoms with van der Waals surface area (Å²) in [6.07, 6.45) is 0.376. The summed E-state index contributed by atoms with van der Waals surface area (Å²) in [4.78, 5) is 35.0. The van der Waals surface area contributed by atoms with Crippen LogP contribution < -0.4 is 20.1 Å². The van der Waals surface area contributed by atoms with Crippen LogP contribution in [-0.4, -0.2) is 63.8 Å². The lowest BCUT2D eigenvalue weighted by molar-refractivity contribution is -0.127. The van der Waals surface area contributed by atoms with E-state index in [9.17, 15) is 22.8 Å². The molecule has 1 aromatic rings. The van der Waals surface area contributed by atoms with Gasteiger partial charge >= 0.3 is 0 Å². The predicted molar refractivity (Wildman–Crippen MR) is 96.7 cm³/mol. The van der Waals surface area contributed by atoms with Crippen molar-refractivity contribution in [2.75, 3.05) is 31.8 Å². The van der Waals surface area contributed by atoms with Crippen molar-refractivity contribution < 1.29 is 32.3 Å². The first-order valence-electron chi connectivity index (χ1n) is 8.28. The van der Waals surface area contributed by atoms with Crippen LogP contribution in [-0.2, 0) is 19.4 Å². The molecule has 9 nitrogen and oxygen atoms in total. The van der Waals surface area contributed by atoms with Gasteiger partial charge in [0.15, 0.2) is 33.7 Å². The molecule has 148 valence electrons. The average molecular weight is 398 g/mol. The van der Waals surface area contributed by atoms with Gasteiger partial charge in [0.25, 0.3) is 5.91 Å². The Balaban J connectivity index is 1.78. The van der Waals surface area contributed by atoms with E-state index in [0.29, 0.717) is 23.5 Å². The van der Waals surface area contributed by atoms with Gasteiger partial charge in [-0.3, -0.25) is 14.4 Å². The van der Waals surface area contributed by atoms with Crippen LogP contribution in [0.25, 0.3) is 0 Å². The third kappa shape index (κ3) is 6.24. The SMILES string of the molecule is COc1cc(C(C)=O)ccc1OCC(=O)NCC(=O)N[C@H]1CCS(=O)(=O)C1. The van der Waals surface area contributed by atoms with Crippen LogP contribution >= 0.6 is 0 Å². The Morgan fingerprint density at radius 3 is 2.52 bits per heavy atom. The highest BCUT2D eigenvalue weighted by atomic mass is 32.2. The lowest BCUT2D eigenvalue weighted by atomic mass is 10.1. The van der Waals surface area contributed by atoms with Crippen LogP contribution in [0.3, 0.4) is 0 Å². The summed E-state index contributed by atoms with van der Waals surface area (Å²) >= 11 is 0. The molecule has 1 fully saturated rings. The summed E-state index contributed by atoms with van der Waals surface area (Å²) in [6.45, 7) is 0.800. The summed E-state index contributed by atoms with van der Waals surface area (Å²) in [5, 5.41) is 4.97. The third-order valence-electron chi connectivity index (χ3n) is 3.97. The number of amides is 2. The molecule has 1 saturated heterocycles. The van der Waals surface area contributed by atoms with Crippen molar-refractivity contribution in [3.05, 3.63) is 23.8 Å². The van der Waals surface area contributed by atoms with E-state index >= 15 is 0 Å². The average Bonchev–Trinajstić information content (AvgIpc) is 2.96. The fourth-order valence-corrected chi connectivity index (χ4v) is 4.24. The summed E-state index contributed by atoms with van der Waals surface area (Å²) < 4.78 is 33.2.